The number of nitrogens with one attached hydrogen (secondary N) is 1. The van der Waals surface area contributed by atoms with Crippen LogP contribution in [-0.4, -0.2) is 19.7 Å². The number of aromatic nitrogens is 4. The number of aryl methyl sites for hydroxylation is 1. The molecule has 0 spiro atoms. The highest BCUT2D eigenvalue weighted by Gasteiger charge is 2.12. The Bertz CT molecular complexity index is 817. The van der Waals surface area contributed by atoms with Crippen LogP contribution >= 0.6 is 11.6 Å². The molecule has 0 fully saturated rings. The van der Waals surface area contributed by atoms with E-state index in [0.29, 0.717) is 23.1 Å². The summed E-state index contributed by atoms with van der Waals surface area (Å²) in [5, 5.41) is 7.39. The Kier molecular flexibility index (Phi) is 3.77. The van der Waals surface area contributed by atoms with Gasteiger partial charge in [-0.25, -0.2) is 19.0 Å². The molecular formula is C15H13ClFN5. The summed E-state index contributed by atoms with van der Waals surface area (Å²) in [5.41, 5.74) is 1.48. The molecule has 112 valence electrons. The largest absolute Gasteiger partial charge is 0.340 e. The van der Waals surface area contributed by atoms with Gasteiger partial charge >= 0.3 is 0 Å². The summed E-state index contributed by atoms with van der Waals surface area (Å²) in [5.74, 6) is 1.46. The van der Waals surface area contributed by atoms with Gasteiger partial charge in [-0.1, -0.05) is 11.6 Å². The first-order valence-electron chi connectivity index (χ1n) is 6.62. The van der Waals surface area contributed by atoms with Gasteiger partial charge in [-0.2, -0.15) is 5.10 Å². The zero-order valence-corrected chi connectivity index (χ0v) is 12.8. The molecule has 0 amide bonds. The number of halogens is 2. The van der Waals surface area contributed by atoms with E-state index in [4.69, 9.17) is 11.6 Å². The lowest BCUT2D eigenvalue weighted by Gasteiger charge is -2.13. The first-order chi connectivity index (χ1) is 10.5. The maximum atomic E-state index is 13.2. The number of anilines is 2. The standard InChI is InChI=1S/C15H13ClFN5/c1-9-14(21-11-4-5-13(17)12(16)8-11)19-10(2)20-15(9)22-7-3-6-18-22/h3-8H,1-2H3,(H,19,20,21). The van der Waals surface area contributed by atoms with Crippen LogP contribution in [0.4, 0.5) is 15.9 Å². The van der Waals surface area contributed by atoms with Gasteiger partial charge in [-0.15, -0.1) is 0 Å². The Morgan fingerprint density at radius 1 is 1.23 bits per heavy atom. The summed E-state index contributed by atoms with van der Waals surface area (Å²) in [7, 11) is 0. The van der Waals surface area contributed by atoms with Crippen LogP contribution < -0.4 is 5.32 Å². The van der Waals surface area contributed by atoms with Crippen molar-refractivity contribution in [3.8, 4) is 5.82 Å². The SMILES string of the molecule is Cc1nc(Nc2ccc(F)c(Cl)c2)c(C)c(-n2cccn2)n1. The third-order valence-electron chi connectivity index (χ3n) is 3.14. The zero-order chi connectivity index (χ0) is 15.7. The second kappa shape index (κ2) is 5.73. The van der Waals surface area contributed by atoms with Crippen LogP contribution in [0.5, 0.6) is 0 Å². The number of hydrogen-bond acceptors (Lipinski definition) is 4. The molecule has 0 atom stereocenters. The van der Waals surface area contributed by atoms with Crippen molar-refractivity contribution in [2.24, 2.45) is 0 Å². The molecule has 0 saturated heterocycles. The summed E-state index contributed by atoms with van der Waals surface area (Å²) < 4.78 is 14.9. The van der Waals surface area contributed by atoms with Gasteiger partial charge in [0, 0.05) is 23.6 Å². The van der Waals surface area contributed by atoms with E-state index < -0.39 is 5.82 Å². The molecule has 1 N–H and O–H groups in total. The monoisotopic (exact) mass is 317 g/mol. The summed E-state index contributed by atoms with van der Waals surface area (Å²) in [6.07, 6.45) is 3.50. The number of hydrogen-bond donors (Lipinski definition) is 1. The lowest BCUT2D eigenvalue weighted by molar-refractivity contribution is 0.628. The summed E-state index contributed by atoms with van der Waals surface area (Å²) in [6.45, 7) is 3.69. The fourth-order valence-electron chi connectivity index (χ4n) is 2.06. The zero-order valence-electron chi connectivity index (χ0n) is 12.0. The van der Waals surface area contributed by atoms with Crippen LogP contribution in [0.25, 0.3) is 5.82 Å². The third kappa shape index (κ3) is 2.78. The molecule has 2 aromatic heterocycles. The normalized spacial score (nSPS) is 10.7. The molecule has 0 aliphatic rings. The second-order valence-corrected chi connectivity index (χ2v) is 5.18. The van der Waals surface area contributed by atoms with E-state index in [2.05, 4.69) is 20.4 Å². The van der Waals surface area contributed by atoms with Crippen molar-refractivity contribution in [1.82, 2.24) is 19.7 Å². The maximum absolute atomic E-state index is 13.2. The van der Waals surface area contributed by atoms with Gasteiger partial charge < -0.3 is 5.32 Å². The van der Waals surface area contributed by atoms with Gasteiger partial charge in [-0.3, -0.25) is 0 Å². The fraction of sp³-hybridized carbons (Fsp3) is 0.133. The molecule has 2 heterocycles. The van der Waals surface area contributed by atoms with Crippen molar-refractivity contribution < 1.29 is 4.39 Å². The second-order valence-electron chi connectivity index (χ2n) is 4.77. The average molecular weight is 318 g/mol. The van der Waals surface area contributed by atoms with Gasteiger partial charge in [-0.05, 0) is 38.1 Å². The highest BCUT2D eigenvalue weighted by atomic mass is 35.5. The van der Waals surface area contributed by atoms with Gasteiger partial charge in [0.05, 0.1) is 5.02 Å². The lowest BCUT2D eigenvalue weighted by atomic mass is 10.2. The minimum Gasteiger partial charge on any atom is -0.340 e. The molecule has 0 unspecified atom stereocenters. The van der Waals surface area contributed by atoms with Gasteiger partial charge in [0.2, 0.25) is 0 Å². The van der Waals surface area contributed by atoms with Gasteiger partial charge in [0.1, 0.15) is 17.5 Å². The molecule has 1 aromatic carbocycles. The van der Waals surface area contributed by atoms with Crippen LogP contribution in [-0.2, 0) is 0 Å². The minimum absolute atomic E-state index is 0.0562. The van der Waals surface area contributed by atoms with Crippen LogP contribution in [0, 0.1) is 19.7 Å². The molecule has 3 aromatic rings. The van der Waals surface area contributed by atoms with Crippen LogP contribution in [0.2, 0.25) is 5.02 Å². The number of nitrogens with zero attached hydrogens (tertiary/aromatic N) is 4. The van der Waals surface area contributed by atoms with Crippen LogP contribution in [0.1, 0.15) is 11.4 Å². The fourth-order valence-corrected chi connectivity index (χ4v) is 2.24. The van der Waals surface area contributed by atoms with Gasteiger partial charge in [0.15, 0.2) is 5.82 Å². The molecule has 0 aliphatic heterocycles. The molecule has 5 nitrogen and oxygen atoms in total. The quantitative estimate of drug-likeness (QED) is 0.798. The average Bonchev–Trinajstić information content (AvgIpc) is 3.00. The Morgan fingerprint density at radius 3 is 2.73 bits per heavy atom. The van der Waals surface area contributed by atoms with E-state index in [-0.39, 0.29) is 5.02 Å². The van der Waals surface area contributed by atoms with E-state index in [9.17, 15) is 4.39 Å². The maximum Gasteiger partial charge on any atom is 0.162 e. The highest BCUT2D eigenvalue weighted by molar-refractivity contribution is 6.31. The first kappa shape index (κ1) is 14.5. The van der Waals surface area contributed by atoms with Gasteiger partial charge in [0.25, 0.3) is 0 Å². The summed E-state index contributed by atoms with van der Waals surface area (Å²) in [6, 6.07) is 6.25. The third-order valence-corrected chi connectivity index (χ3v) is 3.43. The molecule has 0 aliphatic carbocycles. The smallest absolute Gasteiger partial charge is 0.162 e. The molecule has 3 rings (SSSR count). The Labute approximate surface area is 131 Å². The van der Waals surface area contributed by atoms with E-state index in [1.807, 2.05) is 19.2 Å². The van der Waals surface area contributed by atoms with Crippen molar-refractivity contribution >= 4 is 23.1 Å². The van der Waals surface area contributed by atoms with E-state index in [1.165, 1.54) is 12.1 Å². The van der Waals surface area contributed by atoms with Crippen molar-refractivity contribution in [3.05, 3.63) is 58.9 Å². The van der Waals surface area contributed by atoms with Crippen molar-refractivity contribution in [2.45, 2.75) is 13.8 Å². The van der Waals surface area contributed by atoms with E-state index >= 15 is 0 Å². The number of rotatable bonds is 3. The predicted octanol–water partition coefficient (Wildman–Crippen LogP) is 3.82. The number of benzene rings is 1. The van der Waals surface area contributed by atoms with Crippen molar-refractivity contribution in [1.29, 1.82) is 0 Å². The molecule has 7 heteroatoms. The lowest BCUT2D eigenvalue weighted by Crippen LogP contribution is -2.08. The Balaban J connectivity index is 2.02. The van der Waals surface area contributed by atoms with Crippen molar-refractivity contribution in [2.75, 3.05) is 5.32 Å². The van der Waals surface area contributed by atoms with E-state index in [0.717, 1.165) is 5.56 Å². The van der Waals surface area contributed by atoms with Crippen LogP contribution in [0.15, 0.2) is 36.7 Å². The molecule has 0 radical (unpaired) electrons. The molecule has 0 bridgehead atoms. The predicted molar refractivity (Wildman–Crippen MR) is 83.3 cm³/mol. The Hall–Kier alpha value is -2.47. The Morgan fingerprint density at radius 2 is 2.05 bits per heavy atom. The first-order valence-corrected chi connectivity index (χ1v) is 7.00. The molecular weight excluding hydrogens is 305 g/mol. The topological polar surface area (TPSA) is 55.6 Å². The van der Waals surface area contributed by atoms with Crippen LogP contribution in [0.3, 0.4) is 0 Å². The molecule has 22 heavy (non-hydrogen) atoms. The summed E-state index contributed by atoms with van der Waals surface area (Å²) >= 11 is 5.80. The van der Waals surface area contributed by atoms with E-state index in [1.54, 1.807) is 23.9 Å². The highest BCUT2D eigenvalue weighted by Crippen LogP contribution is 2.25. The van der Waals surface area contributed by atoms with Crippen molar-refractivity contribution in [3.63, 3.8) is 0 Å². The molecule has 0 saturated carbocycles. The summed E-state index contributed by atoms with van der Waals surface area (Å²) in [4.78, 5) is 8.80. The minimum atomic E-state index is -0.458.